The van der Waals surface area contributed by atoms with E-state index in [9.17, 15) is 5.11 Å². The van der Waals surface area contributed by atoms with Crippen molar-refractivity contribution in [2.45, 2.75) is 37.8 Å². The third-order valence-corrected chi connectivity index (χ3v) is 3.45. The van der Waals surface area contributed by atoms with E-state index in [-0.39, 0.29) is 11.5 Å². The Kier molecular flexibility index (Phi) is 2.53. The molecule has 0 radical (unpaired) electrons. The predicted molar refractivity (Wildman–Crippen MR) is 62.0 cm³/mol. The molecule has 82 valence electrons. The fraction of sp³-hybridized carbons (Fsp3) is 0.500. The Bertz CT molecular complexity index is 389. The van der Waals surface area contributed by atoms with Gasteiger partial charge in [-0.3, -0.25) is 0 Å². The SMILES string of the molecule is CC1(C)CC(N)C(O)c2ccc(Cl)cc21. The zero-order valence-electron chi connectivity index (χ0n) is 9.00. The van der Waals surface area contributed by atoms with Crippen LogP contribution in [0.1, 0.15) is 37.5 Å². The van der Waals surface area contributed by atoms with Crippen molar-refractivity contribution in [2.24, 2.45) is 5.73 Å². The Balaban J connectivity index is 2.59. The molecule has 0 fully saturated rings. The van der Waals surface area contributed by atoms with Gasteiger partial charge in [-0.2, -0.15) is 0 Å². The number of rotatable bonds is 0. The third kappa shape index (κ3) is 1.78. The van der Waals surface area contributed by atoms with Crippen molar-refractivity contribution in [3.63, 3.8) is 0 Å². The average molecular weight is 226 g/mol. The van der Waals surface area contributed by atoms with Gasteiger partial charge in [0.2, 0.25) is 0 Å². The van der Waals surface area contributed by atoms with Crippen molar-refractivity contribution in [3.05, 3.63) is 34.3 Å². The normalized spacial score (nSPS) is 28.6. The first-order valence-corrected chi connectivity index (χ1v) is 5.53. The maximum Gasteiger partial charge on any atom is 0.0944 e. The summed E-state index contributed by atoms with van der Waals surface area (Å²) in [4.78, 5) is 0. The van der Waals surface area contributed by atoms with E-state index in [0.29, 0.717) is 5.02 Å². The topological polar surface area (TPSA) is 46.2 Å². The van der Waals surface area contributed by atoms with Gasteiger partial charge in [0.15, 0.2) is 0 Å². The number of aliphatic hydroxyl groups is 1. The minimum absolute atomic E-state index is 0.0150. The fourth-order valence-electron chi connectivity index (χ4n) is 2.41. The zero-order valence-corrected chi connectivity index (χ0v) is 9.75. The number of hydrogen-bond acceptors (Lipinski definition) is 2. The van der Waals surface area contributed by atoms with E-state index >= 15 is 0 Å². The second-order valence-electron chi connectivity index (χ2n) is 4.93. The second kappa shape index (κ2) is 3.48. The van der Waals surface area contributed by atoms with Crippen LogP contribution in [0.3, 0.4) is 0 Å². The van der Waals surface area contributed by atoms with Crippen LogP contribution >= 0.6 is 11.6 Å². The second-order valence-corrected chi connectivity index (χ2v) is 5.36. The van der Waals surface area contributed by atoms with Crippen molar-refractivity contribution in [2.75, 3.05) is 0 Å². The van der Waals surface area contributed by atoms with Crippen molar-refractivity contribution in [1.29, 1.82) is 0 Å². The summed E-state index contributed by atoms with van der Waals surface area (Å²) in [6.45, 7) is 4.27. The van der Waals surface area contributed by atoms with Gasteiger partial charge in [0.1, 0.15) is 0 Å². The average Bonchev–Trinajstić information content (AvgIpc) is 2.14. The lowest BCUT2D eigenvalue weighted by atomic mass is 9.70. The van der Waals surface area contributed by atoms with Crippen LogP contribution in [0.15, 0.2) is 18.2 Å². The molecule has 1 aromatic rings. The Hall–Kier alpha value is -0.570. The molecule has 0 aliphatic heterocycles. The van der Waals surface area contributed by atoms with Gasteiger partial charge in [-0.1, -0.05) is 31.5 Å². The van der Waals surface area contributed by atoms with Gasteiger partial charge < -0.3 is 10.8 Å². The molecule has 1 aromatic carbocycles. The Morgan fingerprint density at radius 2 is 2.13 bits per heavy atom. The number of fused-ring (bicyclic) bond motifs is 1. The van der Waals surface area contributed by atoms with Crippen LogP contribution in [0.5, 0.6) is 0 Å². The fourth-order valence-corrected chi connectivity index (χ4v) is 2.59. The van der Waals surface area contributed by atoms with E-state index in [1.807, 2.05) is 12.1 Å². The van der Waals surface area contributed by atoms with E-state index in [4.69, 9.17) is 17.3 Å². The molecule has 2 rings (SSSR count). The number of benzene rings is 1. The van der Waals surface area contributed by atoms with Gasteiger partial charge in [-0.25, -0.2) is 0 Å². The van der Waals surface area contributed by atoms with E-state index in [1.54, 1.807) is 6.07 Å². The standard InChI is InChI=1S/C12H16ClNO/c1-12(2)6-10(14)11(15)8-4-3-7(13)5-9(8)12/h3-5,10-11,15H,6,14H2,1-2H3. The largest absolute Gasteiger partial charge is 0.387 e. The van der Waals surface area contributed by atoms with Crippen LogP contribution in [0, 0.1) is 0 Å². The molecule has 0 aromatic heterocycles. The van der Waals surface area contributed by atoms with Crippen molar-refractivity contribution >= 4 is 11.6 Å². The summed E-state index contributed by atoms with van der Waals surface area (Å²) < 4.78 is 0. The molecule has 1 aliphatic carbocycles. The first-order valence-electron chi connectivity index (χ1n) is 5.15. The molecule has 3 N–H and O–H groups in total. The van der Waals surface area contributed by atoms with Gasteiger partial charge in [-0.15, -0.1) is 0 Å². The molecule has 1 aliphatic rings. The summed E-state index contributed by atoms with van der Waals surface area (Å²) in [5.74, 6) is 0. The first-order chi connectivity index (χ1) is 6.92. The first kappa shape index (κ1) is 10.9. The van der Waals surface area contributed by atoms with Gasteiger partial charge in [0, 0.05) is 11.1 Å². The third-order valence-electron chi connectivity index (χ3n) is 3.21. The molecule has 2 nitrogen and oxygen atoms in total. The maximum atomic E-state index is 9.98. The Labute approximate surface area is 95.1 Å². The zero-order chi connectivity index (χ0) is 11.2. The van der Waals surface area contributed by atoms with E-state index in [2.05, 4.69) is 13.8 Å². The number of nitrogens with two attached hydrogens (primary N) is 1. The number of hydrogen-bond donors (Lipinski definition) is 2. The lowest BCUT2D eigenvalue weighted by Crippen LogP contribution is -2.41. The molecule has 0 saturated heterocycles. The minimum Gasteiger partial charge on any atom is -0.387 e. The summed E-state index contributed by atoms with van der Waals surface area (Å²) in [5, 5.41) is 10.7. The van der Waals surface area contributed by atoms with Crippen LogP contribution in [-0.4, -0.2) is 11.1 Å². The lowest BCUT2D eigenvalue weighted by molar-refractivity contribution is 0.116. The van der Waals surface area contributed by atoms with Crippen molar-refractivity contribution in [1.82, 2.24) is 0 Å². The molecule has 0 spiro atoms. The molecule has 0 bridgehead atoms. The Morgan fingerprint density at radius 1 is 1.47 bits per heavy atom. The summed E-state index contributed by atoms with van der Waals surface area (Å²) in [5.41, 5.74) is 7.94. The molecule has 3 heteroatoms. The smallest absolute Gasteiger partial charge is 0.0944 e. The van der Waals surface area contributed by atoms with E-state index < -0.39 is 6.10 Å². The van der Waals surface area contributed by atoms with Crippen LogP contribution in [0.4, 0.5) is 0 Å². The summed E-state index contributed by atoms with van der Waals surface area (Å²) in [7, 11) is 0. The van der Waals surface area contributed by atoms with Gasteiger partial charge in [0.25, 0.3) is 0 Å². The highest BCUT2D eigenvalue weighted by Crippen LogP contribution is 2.41. The van der Waals surface area contributed by atoms with Gasteiger partial charge in [0.05, 0.1) is 6.10 Å². The highest BCUT2D eigenvalue weighted by Gasteiger charge is 2.36. The summed E-state index contributed by atoms with van der Waals surface area (Å²) in [6, 6.07) is 5.43. The van der Waals surface area contributed by atoms with Crippen LogP contribution < -0.4 is 5.73 Å². The molecular weight excluding hydrogens is 210 g/mol. The van der Waals surface area contributed by atoms with Crippen molar-refractivity contribution < 1.29 is 5.11 Å². The molecule has 2 unspecified atom stereocenters. The highest BCUT2D eigenvalue weighted by molar-refractivity contribution is 6.30. The minimum atomic E-state index is -0.565. The van der Waals surface area contributed by atoms with Crippen LogP contribution in [0.2, 0.25) is 5.02 Å². The number of aliphatic hydroxyl groups excluding tert-OH is 1. The molecule has 0 heterocycles. The molecule has 2 atom stereocenters. The van der Waals surface area contributed by atoms with E-state index in [1.165, 1.54) is 0 Å². The number of halogens is 1. The monoisotopic (exact) mass is 225 g/mol. The molecule has 0 saturated carbocycles. The van der Waals surface area contributed by atoms with Crippen LogP contribution in [-0.2, 0) is 5.41 Å². The maximum absolute atomic E-state index is 9.98. The van der Waals surface area contributed by atoms with Crippen molar-refractivity contribution in [3.8, 4) is 0 Å². The molecule has 15 heavy (non-hydrogen) atoms. The van der Waals surface area contributed by atoms with Gasteiger partial charge >= 0.3 is 0 Å². The van der Waals surface area contributed by atoms with E-state index in [0.717, 1.165) is 17.5 Å². The summed E-state index contributed by atoms with van der Waals surface area (Å²) in [6.07, 6.45) is 0.215. The molecular formula is C12H16ClNO. The molecule has 0 amide bonds. The highest BCUT2D eigenvalue weighted by atomic mass is 35.5. The lowest BCUT2D eigenvalue weighted by Gasteiger charge is -2.39. The van der Waals surface area contributed by atoms with Crippen LogP contribution in [0.25, 0.3) is 0 Å². The Morgan fingerprint density at radius 3 is 2.80 bits per heavy atom. The summed E-state index contributed by atoms with van der Waals surface area (Å²) >= 11 is 5.98. The predicted octanol–water partition coefficient (Wildman–Crippen LogP) is 2.38. The van der Waals surface area contributed by atoms with Gasteiger partial charge in [-0.05, 0) is 35.1 Å². The quantitative estimate of drug-likeness (QED) is 0.712.